The van der Waals surface area contributed by atoms with Gasteiger partial charge in [-0.3, -0.25) is 0 Å². The van der Waals surface area contributed by atoms with Crippen LogP contribution in [0.4, 0.5) is 23.1 Å². The average Bonchev–Trinajstić information content (AvgIpc) is 2.55. The van der Waals surface area contributed by atoms with Crippen molar-refractivity contribution in [1.82, 2.24) is 15.2 Å². The highest BCUT2D eigenvalue weighted by Gasteiger charge is 2.08. The number of nitrogens with zero attached hydrogens (tertiary/aromatic N) is 3. The van der Waals surface area contributed by atoms with Gasteiger partial charge in [0.25, 0.3) is 0 Å². The Bertz CT molecular complexity index is 885. The second-order valence-electron chi connectivity index (χ2n) is 4.98. The fraction of sp³-hybridized carbons (Fsp3) is 0.0625. The highest BCUT2D eigenvalue weighted by molar-refractivity contribution is 6.43. The first kappa shape index (κ1) is 16.8. The number of anilines is 4. The third-order valence-corrected chi connectivity index (χ3v) is 4.26. The molecule has 2 N–H and O–H groups in total. The molecule has 0 radical (unpaired) electrons. The van der Waals surface area contributed by atoms with Crippen LogP contribution in [-0.2, 0) is 0 Å². The molecule has 3 rings (SSSR count). The van der Waals surface area contributed by atoms with Gasteiger partial charge < -0.3 is 10.6 Å². The van der Waals surface area contributed by atoms with E-state index in [1.54, 1.807) is 24.3 Å². The van der Waals surface area contributed by atoms with E-state index in [-0.39, 0.29) is 0 Å². The molecule has 3 aromatic rings. The summed E-state index contributed by atoms with van der Waals surface area (Å²) in [7, 11) is 0. The zero-order chi connectivity index (χ0) is 17.1. The molecule has 0 amide bonds. The van der Waals surface area contributed by atoms with Crippen molar-refractivity contribution in [3.05, 3.63) is 63.2 Å². The summed E-state index contributed by atoms with van der Waals surface area (Å²) in [5.74, 6) is 0.840. The predicted octanol–water partition coefficient (Wildman–Crippen LogP) is 5.63. The first-order valence-corrected chi connectivity index (χ1v) is 8.10. The topological polar surface area (TPSA) is 62.7 Å². The number of halogens is 3. The zero-order valence-electron chi connectivity index (χ0n) is 12.5. The van der Waals surface area contributed by atoms with Crippen molar-refractivity contribution >= 4 is 57.9 Å². The van der Waals surface area contributed by atoms with Crippen molar-refractivity contribution in [3.63, 3.8) is 0 Å². The van der Waals surface area contributed by atoms with Crippen LogP contribution in [0.25, 0.3) is 0 Å². The van der Waals surface area contributed by atoms with Crippen LogP contribution in [-0.4, -0.2) is 15.2 Å². The minimum atomic E-state index is 0.351. The summed E-state index contributed by atoms with van der Waals surface area (Å²) < 4.78 is 0. The summed E-state index contributed by atoms with van der Waals surface area (Å²) in [6, 6.07) is 10.8. The van der Waals surface area contributed by atoms with Crippen LogP contribution >= 0.6 is 34.8 Å². The van der Waals surface area contributed by atoms with Crippen LogP contribution in [0.2, 0.25) is 15.1 Å². The maximum Gasteiger partial charge on any atom is 0.249 e. The lowest BCUT2D eigenvalue weighted by atomic mass is 10.2. The SMILES string of the molecule is Cc1cc(Cl)ccc1Nc1nncc(Nc2cccc(Cl)c2Cl)n1. The summed E-state index contributed by atoms with van der Waals surface area (Å²) in [6.45, 7) is 1.94. The molecular weight excluding hydrogens is 369 g/mol. The lowest BCUT2D eigenvalue weighted by Crippen LogP contribution is -2.03. The van der Waals surface area contributed by atoms with Gasteiger partial charge in [-0.15, -0.1) is 5.10 Å². The van der Waals surface area contributed by atoms with Crippen LogP contribution in [0.15, 0.2) is 42.6 Å². The highest BCUT2D eigenvalue weighted by Crippen LogP contribution is 2.31. The smallest absolute Gasteiger partial charge is 0.249 e. The quantitative estimate of drug-likeness (QED) is 0.614. The maximum atomic E-state index is 6.16. The Balaban J connectivity index is 1.82. The fourth-order valence-electron chi connectivity index (χ4n) is 2.04. The van der Waals surface area contributed by atoms with E-state index < -0.39 is 0 Å². The highest BCUT2D eigenvalue weighted by atomic mass is 35.5. The third kappa shape index (κ3) is 3.87. The molecule has 0 aliphatic heterocycles. The molecule has 0 unspecified atom stereocenters. The van der Waals surface area contributed by atoms with Crippen LogP contribution in [0.1, 0.15) is 5.56 Å². The molecule has 24 heavy (non-hydrogen) atoms. The van der Waals surface area contributed by atoms with E-state index in [1.165, 1.54) is 6.20 Å². The Morgan fingerprint density at radius 1 is 0.958 bits per heavy atom. The summed E-state index contributed by atoms with van der Waals surface area (Å²) in [5, 5.41) is 15.6. The number of hydrogen-bond acceptors (Lipinski definition) is 5. The summed E-state index contributed by atoms with van der Waals surface area (Å²) in [5.41, 5.74) is 2.46. The summed E-state index contributed by atoms with van der Waals surface area (Å²) in [4.78, 5) is 4.37. The summed E-state index contributed by atoms with van der Waals surface area (Å²) >= 11 is 18.1. The van der Waals surface area contributed by atoms with Gasteiger partial charge in [-0.2, -0.15) is 10.1 Å². The number of benzene rings is 2. The largest absolute Gasteiger partial charge is 0.338 e. The average molecular weight is 381 g/mol. The van der Waals surface area contributed by atoms with Gasteiger partial charge in [-0.05, 0) is 42.8 Å². The molecule has 0 atom stereocenters. The second-order valence-corrected chi connectivity index (χ2v) is 6.20. The van der Waals surface area contributed by atoms with Gasteiger partial charge in [0.2, 0.25) is 5.95 Å². The molecule has 0 fully saturated rings. The number of nitrogens with one attached hydrogen (secondary N) is 2. The Kier molecular flexibility index (Phi) is 5.04. The third-order valence-electron chi connectivity index (χ3n) is 3.21. The molecule has 0 aliphatic carbocycles. The van der Waals surface area contributed by atoms with Gasteiger partial charge in [0.05, 0.1) is 21.9 Å². The molecule has 122 valence electrons. The molecule has 0 saturated heterocycles. The lowest BCUT2D eigenvalue weighted by molar-refractivity contribution is 0.982. The molecule has 8 heteroatoms. The number of aryl methyl sites for hydroxylation is 1. The number of rotatable bonds is 4. The van der Waals surface area contributed by atoms with Crippen molar-refractivity contribution in [3.8, 4) is 0 Å². The normalized spacial score (nSPS) is 10.5. The van der Waals surface area contributed by atoms with Crippen molar-refractivity contribution in [2.45, 2.75) is 6.92 Å². The van der Waals surface area contributed by atoms with Gasteiger partial charge in [-0.1, -0.05) is 40.9 Å². The minimum absolute atomic E-state index is 0.351. The fourth-order valence-corrected chi connectivity index (χ4v) is 2.62. The van der Waals surface area contributed by atoms with Crippen LogP contribution in [0.5, 0.6) is 0 Å². The van der Waals surface area contributed by atoms with E-state index in [9.17, 15) is 0 Å². The van der Waals surface area contributed by atoms with Crippen molar-refractivity contribution in [2.75, 3.05) is 10.6 Å². The Morgan fingerprint density at radius 2 is 1.79 bits per heavy atom. The van der Waals surface area contributed by atoms with Crippen LogP contribution in [0.3, 0.4) is 0 Å². The molecule has 5 nitrogen and oxygen atoms in total. The van der Waals surface area contributed by atoms with Crippen molar-refractivity contribution < 1.29 is 0 Å². The molecule has 0 saturated carbocycles. The molecule has 2 aromatic carbocycles. The number of hydrogen-bond donors (Lipinski definition) is 2. The standard InChI is InChI=1S/C16H12Cl3N5/c1-9-7-10(17)5-6-12(9)22-16-23-14(8-20-24-16)21-13-4-2-3-11(18)15(13)19/h2-8H,1H3,(H2,21,22,23,24). The molecule has 0 spiro atoms. The van der Waals surface area contributed by atoms with E-state index >= 15 is 0 Å². The van der Waals surface area contributed by atoms with Gasteiger partial charge in [0.1, 0.15) is 0 Å². The van der Waals surface area contributed by atoms with Gasteiger partial charge in [-0.25, -0.2) is 0 Å². The lowest BCUT2D eigenvalue weighted by Gasteiger charge is -2.11. The molecular formula is C16H12Cl3N5. The maximum absolute atomic E-state index is 6.16. The van der Waals surface area contributed by atoms with E-state index in [2.05, 4.69) is 25.8 Å². The van der Waals surface area contributed by atoms with E-state index in [0.29, 0.717) is 32.5 Å². The Labute approximate surface area is 154 Å². The molecule has 1 aromatic heterocycles. The Hall–Kier alpha value is -2.08. The van der Waals surface area contributed by atoms with E-state index in [0.717, 1.165) is 11.3 Å². The first-order chi connectivity index (χ1) is 11.5. The van der Waals surface area contributed by atoms with Gasteiger partial charge >= 0.3 is 0 Å². The van der Waals surface area contributed by atoms with Crippen molar-refractivity contribution in [1.29, 1.82) is 0 Å². The number of aromatic nitrogens is 3. The second kappa shape index (κ2) is 7.21. The molecule has 1 heterocycles. The van der Waals surface area contributed by atoms with Crippen LogP contribution < -0.4 is 10.6 Å². The first-order valence-electron chi connectivity index (χ1n) is 6.97. The van der Waals surface area contributed by atoms with Crippen LogP contribution in [0, 0.1) is 6.92 Å². The van der Waals surface area contributed by atoms with E-state index in [1.807, 2.05) is 19.1 Å². The van der Waals surface area contributed by atoms with E-state index in [4.69, 9.17) is 34.8 Å². The molecule has 0 aliphatic rings. The minimum Gasteiger partial charge on any atom is -0.338 e. The molecule has 0 bridgehead atoms. The van der Waals surface area contributed by atoms with Gasteiger partial charge in [0.15, 0.2) is 5.82 Å². The predicted molar refractivity (Wildman–Crippen MR) is 99.0 cm³/mol. The van der Waals surface area contributed by atoms with Gasteiger partial charge in [0, 0.05) is 10.7 Å². The monoisotopic (exact) mass is 379 g/mol. The summed E-state index contributed by atoms with van der Waals surface area (Å²) in [6.07, 6.45) is 1.50. The van der Waals surface area contributed by atoms with Crippen molar-refractivity contribution in [2.24, 2.45) is 0 Å². The Morgan fingerprint density at radius 3 is 2.58 bits per heavy atom. The zero-order valence-corrected chi connectivity index (χ0v) is 14.8.